The smallest absolute Gasteiger partial charge is 0.129 e. The minimum atomic E-state index is 0.889. The van der Waals surface area contributed by atoms with E-state index in [1.807, 2.05) is 6.07 Å². The zero-order valence-electron chi connectivity index (χ0n) is 9.85. The molecule has 1 aromatic heterocycles. The number of hydrogen-bond acceptors (Lipinski definition) is 2. The summed E-state index contributed by atoms with van der Waals surface area (Å²) in [6.45, 7) is 5.12. The first kappa shape index (κ1) is 12.8. The molecule has 0 bridgehead atoms. The molecule has 0 aliphatic heterocycles. The second-order valence-electron chi connectivity index (χ2n) is 3.84. The molecule has 1 heterocycles. The summed E-state index contributed by atoms with van der Waals surface area (Å²) in [6, 6.07) is 6.33. The molecule has 1 aromatic carbocycles. The molecule has 17 heavy (non-hydrogen) atoms. The molecule has 2 nitrogen and oxygen atoms in total. The molecule has 2 aromatic rings. The molecule has 0 fully saturated rings. The van der Waals surface area contributed by atoms with Crippen LogP contribution >= 0.6 is 31.9 Å². The minimum Gasteiger partial charge on any atom is -0.370 e. The standard InChI is InChI=1S/C13H14Br2N2/c1-3-8-5-9-6-10(14)7-11(15)12(9)17-13(8)16-4-2/h5-7H,3-4H2,1-2H3,(H,16,17). The van der Waals surface area contributed by atoms with Crippen LogP contribution in [0.25, 0.3) is 10.9 Å². The van der Waals surface area contributed by atoms with Gasteiger partial charge in [-0.1, -0.05) is 22.9 Å². The Labute approximate surface area is 118 Å². The Balaban J connectivity index is 2.69. The van der Waals surface area contributed by atoms with Gasteiger partial charge in [-0.2, -0.15) is 0 Å². The predicted molar refractivity (Wildman–Crippen MR) is 80.7 cm³/mol. The number of aryl methyl sites for hydroxylation is 1. The Morgan fingerprint density at radius 3 is 2.59 bits per heavy atom. The molecule has 0 saturated heterocycles. The summed E-state index contributed by atoms with van der Waals surface area (Å²) in [6.07, 6.45) is 0.982. The van der Waals surface area contributed by atoms with Gasteiger partial charge in [-0.05, 0) is 53.0 Å². The maximum Gasteiger partial charge on any atom is 0.129 e. The lowest BCUT2D eigenvalue weighted by Gasteiger charge is -2.11. The zero-order chi connectivity index (χ0) is 12.4. The van der Waals surface area contributed by atoms with Crippen LogP contribution in [0, 0.1) is 0 Å². The maximum absolute atomic E-state index is 4.70. The number of pyridine rings is 1. The summed E-state index contributed by atoms with van der Waals surface area (Å²) in [7, 11) is 0. The Bertz CT molecular complexity index is 553. The summed E-state index contributed by atoms with van der Waals surface area (Å²) in [5.41, 5.74) is 2.26. The fourth-order valence-corrected chi connectivity index (χ4v) is 3.19. The maximum atomic E-state index is 4.70. The number of benzene rings is 1. The van der Waals surface area contributed by atoms with Crippen molar-refractivity contribution in [1.82, 2.24) is 4.98 Å². The molecule has 0 amide bonds. The predicted octanol–water partition coefficient (Wildman–Crippen LogP) is 4.75. The Hall–Kier alpha value is -0.610. The molecule has 4 heteroatoms. The molecule has 0 aliphatic carbocycles. The Morgan fingerprint density at radius 1 is 1.18 bits per heavy atom. The van der Waals surface area contributed by atoms with Gasteiger partial charge in [-0.3, -0.25) is 0 Å². The van der Waals surface area contributed by atoms with Gasteiger partial charge < -0.3 is 5.32 Å². The van der Waals surface area contributed by atoms with E-state index in [4.69, 9.17) is 4.98 Å². The van der Waals surface area contributed by atoms with Gasteiger partial charge in [0.1, 0.15) is 5.82 Å². The summed E-state index contributed by atoms with van der Waals surface area (Å²) in [4.78, 5) is 4.70. The highest BCUT2D eigenvalue weighted by molar-refractivity contribution is 9.11. The largest absolute Gasteiger partial charge is 0.370 e. The van der Waals surface area contributed by atoms with E-state index in [0.717, 1.165) is 38.6 Å². The van der Waals surface area contributed by atoms with E-state index in [9.17, 15) is 0 Å². The molecular formula is C13H14Br2N2. The topological polar surface area (TPSA) is 24.9 Å². The minimum absolute atomic E-state index is 0.889. The van der Waals surface area contributed by atoms with Crippen molar-refractivity contribution in [2.75, 3.05) is 11.9 Å². The molecule has 0 radical (unpaired) electrons. The van der Waals surface area contributed by atoms with Gasteiger partial charge in [0.05, 0.1) is 5.52 Å². The first-order valence-electron chi connectivity index (χ1n) is 5.68. The third-order valence-electron chi connectivity index (χ3n) is 2.64. The average molecular weight is 358 g/mol. The van der Waals surface area contributed by atoms with Crippen molar-refractivity contribution in [1.29, 1.82) is 0 Å². The first-order chi connectivity index (χ1) is 8.15. The molecular weight excluding hydrogens is 344 g/mol. The van der Waals surface area contributed by atoms with Gasteiger partial charge >= 0.3 is 0 Å². The third kappa shape index (κ3) is 2.63. The average Bonchev–Trinajstić information content (AvgIpc) is 2.29. The van der Waals surface area contributed by atoms with Crippen molar-refractivity contribution in [3.05, 3.63) is 32.7 Å². The van der Waals surface area contributed by atoms with Gasteiger partial charge in [0.15, 0.2) is 0 Å². The van der Waals surface area contributed by atoms with Crippen LogP contribution < -0.4 is 5.32 Å². The number of hydrogen-bond donors (Lipinski definition) is 1. The fraction of sp³-hybridized carbons (Fsp3) is 0.308. The molecule has 0 spiro atoms. The fourth-order valence-electron chi connectivity index (χ4n) is 1.84. The van der Waals surface area contributed by atoms with Crippen LogP contribution in [0.3, 0.4) is 0 Å². The summed E-state index contributed by atoms with van der Waals surface area (Å²) < 4.78 is 2.08. The van der Waals surface area contributed by atoms with Gasteiger partial charge in [0.25, 0.3) is 0 Å². The second-order valence-corrected chi connectivity index (χ2v) is 5.61. The molecule has 90 valence electrons. The quantitative estimate of drug-likeness (QED) is 0.856. The van der Waals surface area contributed by atoms with Gasteiger partial charge in [0, 0.05) is 20.9 Å². The van der Waals surface area contributed by atoms with Gasteiger partial charge in [-0.15, -0.1) is 0 Å². The van der Waals surface area contributed by atoms with E-state index in [1.165, 1.54) is 5.56 Å². The summed E-state index contributed by atoms with van der Waals surface area (Å²) in [5, 5.41) is 4.47. The van der Waals surface area contributed by atoms with Crippen LogP contribution in [-0.2, 0) is 6.42 Å². The second kappa shape index (κ2) is 5.36. The zero-order valence-corrected chi connectivity index (χ0v) is 13.0. The monoisotopic (exact) mass is 356 g/mol. The van der Waals surface area contributed by atoms with E-state index in [-0.39, 0.29) is 0 Å². The van der Waals surface area contributed by atoms with Crippen LogP contribution in [0.4, 0.5) is 5.82 Å². The lowest BCUT2D eigenvalue weighted by molar-refractivity contribution is 1.08. The van der Waals surface area contributed by atoms with Crippen molar-refractivity contribution >= 4 is 48.6 Å². The number of halogens is 2. The summed E-state index contributed by atoms with van der Waals surface area (Å²) >= 11 is 7.06. The molecule has 0 aliphatic rings. The number of rotatable bonds is 3. The number of fused-ring (bicyclic) bond motifs is 1. The van der Waals surface area contributed by atoms with Crippen LogP contribution in [0.1, 0.15) is 19.4 Å². The van der Waals surface area contributed by atoms with Crippen molar-refractivity contribution in [2.24, 2.45) is 0 Å². The molecule has 1 N–H and O–H groups in total. The van der Waals surface area contributed by atoms with Crippen LogP contribution in [0.2, 0.25) is 0 Å². The van der Waals surface area contributed by atoms with Crippen molar-refractivity contribution in [3.63, 3.8) is 0 Å². The van der Waals surface area contributed by atoms with E-state index in [2.05, 4.69) is 63.2 Å². The Morgan fingerprint density at radius 2 is 1.94 bits per heavy atom. The number of nitrogens with zero attached hydrogens (tertiary/aromatic N) is 1. The first-order valence-corrected chi connectivity index (χ1v) is 7.26. The van der Waals surface area contributed by atoms with Gasteiger partial charge in [0.2, 0.25) is 0 Å². The molecule has 0 atom stereocenters. The van der Waals surface area contributed by atoms with Crippen molar-refractivity contribution < 1.29 is 0 Å². The van der Waals surface area contributed by atoms with Crippen LogP contribution in [0.5, 0.6) is 0 Å². The van der Waals surface area contributed by atoms with Crippen LogP contribution in [-0.4, -0.2) is 11.5 Å². The van der Waals surface area contributed by atoms with Crippen molar-refractivity contribution in [3.8, 4) is 0 Å². The highest BCUT2D eigenvalue weighted by atomic mass is 79.9. The van der Waals surface area contributed by atoms with Crippen LogP contribution in [0.15, 0.2) is 27.1 Å². The van der Waals surface area contributed by atoms with Crippen molar-refractivity contribution in [2.45, 2.75) is 20.3 Å². The lowest BCUT2D eigenvalue weighted by Crippen LogP contribution is -2.03. The SMILES string of the molecule is CCNc1nc2c(Br)cc(Br)cc2cc1CC. The third-order valence-corrected chi connectivity index (χ3v) is 3.70. The number of aromatic nitrogens is 1. The Kier molecular flexibility index (Phi) is 4.05. The van der Waals surface area contributed by atoms with E-state index < -0.39 is 0 Å². The number of anilines is 1. The number of nitrogens with one attached hydrogen (secondary N) is 1. The molecule has 0 saturated carbocycles. The normalized spacial score (nSPS) is 10.8. The van der Waals surface area contributed by atoms with E-state index in [1.54, 1.807) is 0 Å². The molecule has 2 rings (SSSR count). The van der Waals surface area contributed by atoms with Gasteiger partial charge in [-0.25, -0.2) is 4.98 Å². The van der Waals surface area contributed by atoms with E-state index >= 15 is 0 Å². The molecule has 0 unspecified atom stereocenters. The lowest BCUT2D eigenvalue weighted by atomic mass is 10.1. The summed E-state index contributed by atoms with van der Waals surface area (Å²) in [5.74, 6) is 0.991. The highest BCUT2D eigenvalue weighted by Gasteiger charge is 2.08. The van der Waals surface area contributed by atoms with E-state index in [0.29, 0.717) is 0 Å². The highest BCUT2D eigenvalue weighted by Crippen LogP contribution is 2.30.